The first-order valence-electron chi connectivity index (χ1n) is 8.04. The Labute approximate surface area is 149 Å². The molecule has 1 aliphatic rings. The summed E-state index contributed by atoms with van der Waals surface area (Å²) in [7, 11) is 0. The highest BCUT2D eigenvalue weighted by Crippen LogP contribution is 2.28. The fraction of sp³-hybridized carbons (Fsp3) is 0.412. The van der Waals surface area contributed by atoms with Crippen LogP contribution in [0.5, 0.6) is 0 Å². The topological polar surface area (TPSA) is 32.3 Å². The summed E-state index contributed by atoms with van der Waals surface area (Å²) < 4.78 is 38.5. The third-order valence-corrected chi connectivity index (χ3v) is 4.38. The predicted octanol–water partition coefficient (Wildman–Crippen LogP) is 3.86. The number of aromatic nitrogens is 2. The zero-order valence-corrected chi connectivity index (χ0v) is 14.3. The molecule has 2 aromatic rings. The van der Waals surface area contributed by atoms with Crippen LogP contribution in [0.2, 0.25) is 5.02 Å². The van der Waals surface area contributed by atoms with Gasteiger partial charge >= 0.3 is 6.18 Å². The number of anilines is 1. The zero-order valence-electron chi connectivity index (χ0n) is 13.5. The SMILES string of the molecule is FC(F)(F)c1ccnc(N2CCCN(Cc3ccc(Cl)cc3)CC2)n1. The van der Waals surface area contributed by atoms with Crippen LogP contribution in [0.25, 0.3) is 0 Å². The van der Waals surface area contributed by atoms with E-state index >= 15 is 0 Å². The molecule has 0 saturated carbocycles. The number of benzene rings is 1. The van der Waals surface area contributed by atoms with E-state index < -0.39 is 11.9 Å². The first kappa shape index (κ1) is 17.9. The van der Waals surface area contributed by atoms with Gasteiger partial charge in [-0.15, -0.1) is 0 Å². The maximum Gasteiger partial charge on any atom is 0.433 e. The molecule has 25 heavy (non-hydrogen) atoms. The highest BCUT2D eigenvalue weighted by molar-refractivity contribution is 6.30. The molecule has 134 valence electrons. The van der Waals surface area contributed by atoms with Gasteiger partial charge in [0.25, 0.3) is 0 Å². The van der Waals surface area contributed by atoms with Crippen LogP contribution < -0.4 is 4.90 Å². The molecule has 0 unspecified atom stereocenters. The molecule has 0 bridgehead atoms. The Kier molecular flexibility index (Phi) is 5.44. The normalized spacial score (nSPS) is 16.7. The summed E-state index contributed by atoms with van der Waals surface area (Å²) in [6.45, 7) is 3.63. The fourth-order valence-corrected chi connectivity index (χ4v) is 2.96. The smallest absolute Gasteiger partial charge is 0.339 e. The first-order valence-corrected chi connectivity index (χ1v) is 8.41. The van der Waals surface area contributed by atoms with Crippen molar-refractivity contribution in [3.63, 3.8) is 0 Å². The molecule has 0 amide bonds. The highest BCUT2D eigenvalue weighted by Gasteiger charge is 2.33. The van der Waals surface area contributed by atoms with Gasteiger partial charge < -0.3 is 4.90 Å². The largest absolute Gasteiger partial charge is 0.433 e. The van der Waals surface area contributed by atoms with E-state index in [0.717, 1.165) is 37.7 Å². The number of hydrogen-bond acceptors (Lipinski definition) is 4. The van der Waals surface area contributed by atoms with E-state index in [0.29, 0.717) is 18.1 Å². The van der Waals surface area contributed by atoms with Crippen LogP contribution in [0.3, 0.4) is 0 Å². The number of nitrogens with zero attached hydrogens (tertiary/aromatic N) is 4. The average molecular weight is 371 g/mol. The Morgan fingerprint density at radius 1 is 1.00 bits per heavy atom. The van der Waals surface area contributed by atoms with E-state index in [4.69, 9.17) is 11.6 Å². The van der Waals surface area contributed by atoms with E-state index in [1.165, 1.54) is 6.20 Å². The minimum absolute atomic E-state index is 0.142. The fourth-order valence-electron chi connectivity index (χ4n) is 2.84. The molecule has 3 rings (SSSR count). The minimum Gasteiger partial charge on any atom is -0.339 e. The molecule has 1 aromatic carbocycles. The third kappa shape index (κ3) is 4.83. The van der Waals surface area contributed by atoms with E-state index in [9.17, 15) is 13.2 Å². The second kappa shape index (κ2) is 7.58. The van der Waals surface area contributed by atoms with E-state index in [1.54, 1.807) is 0 Å². The zero-order chi connectivity index (χ0) is 17.9. The third-order valence-electron chi connectivity index (χ3n) is 4.12. The number of halogens is 4. The van der Waals surface area contributed by atoms with Crippen molar-refractivity contribution in [1.82, 2.24) is 14.9 Å². The van der Waals surface area contributed by atoms with Gasteiger partial charge in [-0.2, -0.15) is 13.2 Å². The summed E-state index contributed by atoms with van der Waals surface area (Å²) in [5.41, 5.74) is 0.257. The Morgan fingerprint density at radius 3 is 2.48 bits per heavy atom. The molecule has 2 heterocycles. The second-order valence-electron chi connectivity index (χ2n) is 5.98. The molecule has 1 aromatic heterocycles. The van der Waals surface area contributed by atoms with Gasteiger partial charge in [-0.1, -0.05) is 23.7 Å². The van der Waals surface area contributed by atoms with Crippen molar-refractivity contribution < 1.29 is 13.2 Å². The van der Waals surface area contributed by atoms with Crippen LogP contribution in [0.1, 0.15) is 17.7 Å². The van der Waals surface area contributed by atoms with Gasteiger partial charge in [0.1, 0.15) is 5.69 Å². The molecule has 4 nitrogen and oxygen atoms in total. The molecule has 0 radical (unpaired) electrons. The van der Waals surface area contributed by atoms with Gasteiger partial charge in [0.2, 0.25) is 5.95 Å². The monoisotopic (exact) mass is 370 g/mol. The molecule has 0 spiro atoms. The van der Waals surface area contributed by atoms with Gasteiger partial charge in [-0.25, -0.2) is 9.97 Å². The summed E-state index contributed by atoms with van der Waals surface area (Å²) in [5.74, 6) is 0.142. The van der Waals surface area contributed by atoms with Crippen molar-refractivity contribution in [3.8, 4) is 0 Å². The minimum atomic E-state index is -4.45. The summed E-state index contributed by atoms with van der Waals surface area (Å²) >= 11 is 5.90. The van der Waals surface area contributed by atoms with Gasteiger partial charge in [-0.05, 0) is 30.2 Å². The maximum absolute atomic E-state index is 12.8. The van der Waals surface area contributed by atoms with Crippen LogP contribution in [0.4, 0.5) is 19.1 Å². The van der Waals surface area contributed by atoms with Crippen molar-refractivity contribution in [2.75, 3.05) is 31.1 Å². The quantitative estimate of drug-likeness (QED) is 0.821. The molecular formula is C17H18ClF3N4. The Morgan fingerprint density at radius 2 is 1.76 bits per heavy atom. The number of hydrogen-bond donors (Lipinski definition) is 0. The predicted molar refractivity (Wildman–Crippen MR) is 90.6 cm³/mol. The molecule has 0 aliphatic carbocycles. The molecule has 1 fully saturated rings. The molecular weight excluding hydrogens is 353 g/mol. The van der Waals surface area contributed by atoms with Crippen molar-refractivity contribution in [1.29, 1.82) is 0 Å². The van der Waals surface area contributed by atoms with E-state index in [2.05, 4.69) is 14.9 Å². The summed E-state index contributed by atoms with van der Waals surface area (Å²) in [4.78, 5) is 11.8. The van der Waals surface area contributed by atoms with E-state index in [1.807, 2.05) is 29.2 Å². The lowest BCUT2D eigenvalue weighted by atomic mass is 10.2. The lowest BCUT2D eigenvalue weighted by Gasteiger charge is -2.22. The average Bonchev–Trinajstić information content (AvgIpc) is 2.82. The Hall–Kier alpha value is -1.86. The highest BCUT2D eigenvalue weighted by atomic mass is 35.5. The van der Waals surface area contributed by atoms with Gasteiger partial charge in [-0.3, -0.25) is 4.90 Å². The van der Waals surface area contributed by atoms with Gasteiger partial charge in [0, 0.05) is 43.9 Å². The summed E-state index contributed by atoms with van der Waals surface area (Å²) in [6.07, 6.45) is -2.45. The summed E-state index contributed by atoms with van der Waals surface area (Å²) in [6, 6.07) is 8.59. The maximum atomic E-state index is 12.8. The lowest BCUT2D eigenvalue weighted by Crippen LogP contribution is -2.31. The molecule has 1 aliphatic heterocycles. The van der Waals surface area contributed by atoms with Crippen LogP contribution in [-0.2, 0) is 12.7 Å². The van der Waals surface area contributed by atoms with E-state index in [-0.39, 0.29) is 5.95 Å². The lowest BCUT2D eigenvalue weighted by molar-refractivity contribution is -0.141. The molecule has 0 N–H and O–H groups in total. The first-order chi connectivity index (χ1) is 11.9. The van der Waals surface area contributed by atoms with Crippen LogP contribution in [-0.4, -0.2) is 41.0 Å². The second-order valence-corrected chi connectivity index (χ2v) is 6.42. The summed E-state index contributed by atoms with van der Waals surface area (Å²) in [5, 5.41) is 0.701. The molecule has 0 atom stereocenters. The number of alkyl halides is 3. The van der Waals surface area contributed by atoms with Crippen LogP contribution >= 0.6 is 11.6 Å². The van der Waals surface area contributed by atoms with Crippen LogP contribution in [0, 0.1) is 0 Å². The van der Waals surface area contributed by atoms with Gasteiger partial charge in [0.15, 0.2) is 0 Å². The van der Waals surface area contributed by atoms with Crippen molar-refractivity contribution in [3.05, 3.63) is 52.8 Å². The van der Waals surface area contributed by atoms with Gasteiger partial charge in [0.05, 0.1) is 0 Å². The van der Waals surface area contributed by atoms with Crippen molar-refractivity contribution in [2.24, 2.45) is 0 Å². The standard InChI is InChI=1S/C17H18ClF3N4/c18-14-4-2-13(3-5-14)12-24-8-1-9-25(11-10-24)16-22-7-6-15(23-16)17(19,20)21/h2-7H,1,8-12H2. The Balaban J connectivity index is 1.64. The number of rotatable bonds is 3. The van der Waals surface area contributed by atoms with Crippen molar-refractivity contribution >= 4 is 17.5 Å². The molecule has 8 heteroatoms. The molecule has 1 saturated heterocycles. The Bertz CT molecular complexity index is 706. The van der Waals surface area contributed by atoms with Crippen LogP contribution in [0.15, 0.2) is 36.5 Å². The van der Waals surface area contributed by atoms with Crippen molar-refractivity contribution in [2.45, 2.75) is 19.1 Å².